The van der Waals surface area contributed by atoms with Crippen molar-refractivity contribution in [2.24, 2.45) is 0 Å². The molecule has 10 rings (SSSR count). The molecule has 0 amide bonds. The molecule has 1 aliphatic carbocycles. The van der Waals surface area contributed by atoms with Gasteiger partial charge in [0.25, 0.3) is 0 Å². The van der Waals surface area contributed by atoms with Crippen molar-refractivity contribution in [2.45, 2.75) is 12.8 Å². The molecule has 3 heterocycles. The van der Waals surface area contributed by atoms with Crippen molar-refractivity contribution in [1.82, 2.24) is 9.97 Å². The van der Waals surface area contributed by atoms with Crippen LogP contribution < -0.4 is 0 Å². The number of hydrogen-bond acceptors (Lipinski definition) is 4. The van der Waals surface area contributed by atoms with E-state index in [1.165, 1.54) is 22.3 Å². The first-order valence-electron chi connectivity index (χ1n) is 16.4. The van der Waals surface area contributed by atoms with E-state index in [0.717, 1.165) is 84.8 Å². The van der Waals surface area contributed by atoms with Gasteiger partial charge in [0.1, 0.15) is 22.3 Å². The highest BCUT2D eigenvalue weighted by atomic mass is 16.3. The number of aromatic nitrogens is 2. The molecule has 226 valence electrons. The lowest BCUT2D eigenvalue weighted by atomic mass is 9.87. The van der Waals surface area contributed by atoms with E-state index in [1.807, 2.05) is 36.4 Å². The van der Waals surface area contributed by atoms with Gasteiger partial charge in [-0.3, -0.25) is 0 Å². The molecule has 0 N–H and O–H groups in total. The third kappa shape index (κ3) is 4.30. The number of allylic oxidation sites excluding steroid dienone is 1. The minimum absolute atomic E-state index is 0.676. The average Bonchev–Trinajstić information content (AvgIpc) is 3.73. The predicted octanol–water partition coefficient (Wildman–Crippen LogP) is 11.9. The van der Waals surface area contributed by atoms with Gasteiger partial charge in [0, 0.05) is 43.8 Å². The lowest BCUT2D eigenvalue weighted by molar-refractivity contribution is 0.666. The Kier molecular flexibility index (Phi) is 5.97. The highest BCUT2D eigenvalue weighted by Gasteiger charge is 2.21. The van der Waals surface area contributed by atoms with Crippen LogP contribution in [0, 0.1) is 0 Å². The fraction of sp³-hybridized carbons (Fsp3) is 0.0455. The van der Waals surface area contributed by atoms with Crippen LogP contribution >= 0.6 is 0 Å². The summed E-state index contributed by atoms with van der Waals surface area (Å²) in [7, 11) is 0. The molecule has 0 saturated heterocycles. The molecule has 0 atom stereocenters. The Morgan fingerprint density at radius 1 is 0.479 bits per heavy atom. The van der Waals surface area contributed by atoms with E-state index in [2.05, 4.69) is 109 Å². The summed E-state index contributed by atoms with van der Waals surface area (Å²) >= 11 is 0. The molecule has 0 bridgehead atoms. The third-order valence-corrected chi connectivity index (χ3v) is 9.57. The molecule has 3 aromatic heterocycles. The molecular formula is C44H28N2O2. The van der Waals surface area contributed by atoms with Gasteiger partial charge in [-0.25, -0.2) is 9.97 Å². The second-order valence-electron chi connectivity index (χ2n) is 12.5. The molecule has 9 aromatic rings. The second-order valence-corrected chi connectivity index (χ2v) is 12.5. The van der Waals surface area contributed by atoms with E-state index in [1.54, 1.807) is 0 Å². The maximum atomic E-state index is 6.59. The number of hydrogen-bond donors (Lipinski definition) is 0. The van der Waals surface area contributed by atoms with Crippen LogP contribution in [0.15, 0.2) is 148 Å². The molecule has 4 heteroatoms. The molecule has 1 aliphatic rings. The molecule has 0 spiro atoms. The molecule has 0 fully saturated rings. The monoisotopic (exact) mass is 616 g/mol. The molecule has 0 aliphatic heterocycles. The van der Waals surface area contributed by atoms with Crippen LogP contribution in [0.2, 0.25) is 0 Å². The SMILES string of the molecule is C1=Cc2c(c(-c3ccccc3)cc3c2oc2ccc(-c4cc(-c5ccc6c(c5)oc5ccccc56)nc(-c5ccccc5)n4)cc23)CC1. The zero-order chi connectivity index (χ0) is 31.6. The Morgan fingerprint density at radius 2 is 1.17 bits per heavy atom. The largest absolute Gasteiger partial charge is 0.456 e. The van der Waals surface area contributed by atoms with Gasteiger partial charge in [0.05, 0.1) is 11.4 Å². The van der Waals surface area contributed by atoms with E-state index in [-0.39, 0.29) is 0 Å². The number of fused-ring (bicyclic) bond motifs is 8. The van der Waals surface area contributed by atoms with Crippen LogP contribution in [0.4, 0.5) is 0 Å². The Morgan fingerprint density at radius 3 is 2.00 bits per heavy atom. The predicted molar refractivity (Wildman–Crippen MR) is 196 cm³/mol. The average molecular weight is 617 g/mol. The fourth-order valence-corrected chi connectivity index (χ4v) is 7.23. The van der Waals surface area contributed by atoms with E-state index in [0.29, 0.717) is 5.82 Å². The van der Waals surface area contributed by atoms with Gasteiger partial charge in [0.2, 0.25) is 0 Å². The topological polar surface area (TPSA) is 52.1 Å². The molecule has 6 aromatic carbocycles. The summed E-state index contributed by atoms with van der Waals surface area (Å²) in [6.07, 6.45) is 6.52. The van der Waals surface area contributed by atoms with Gasteiger partial charge in [0.15, 0.2) is 5.82 Å². The second kappa shape index (κ2) is 10.6. The van der Waals surface area contributed by atoms with Crippen molar-refractivity contribution < 1.29 is 8.83 Å². The van der Waals surface area contributed by atoms with Crippen LogP contribution in [-0.2, 0) is 6.42 Å². The Bertz CT molecular complexity index is 2720. The Hall–Kier alpha value is -6.26. The minimum atomic E-state index is 0.676. The van der Waals surface area contributed by atoms with Gasteiger partial charge >= 0.3 is 0 Å². The normalized spacial score (nSPS) is 12.8. The Labute approximate surface area is 276 Å². The van der Waals surface area contributed by atoms with E-state index >= 15 is 0 Å². The maximum Gasteiger partial charge on any atom is 0.160 e. The first kappa shape index (κ1) is 26.9. The first-order chi connectivity index (χ1) is 23.8. The zero-order valence-corrected chi connectivity index (χ0v) is 26.0. The summed E-state index contributed by atoms with van der Waals surface area (Å²) < 4.78 is 12.8. The van der Waals surface area contributed by atoms with Crippen LogP contribution in [0.25, 0.3) is 95.0 Å². The van der Waals surface area contributed by atoms with Crippen molar-refractivity contribution in [3.63, 3.8) is 0 Å². The van der Waals surface area contributed by atoms with Crippen LogP contribution in [0.3, 0.4) is 0 Å². The highest BCUT2D eigenvalue weighted by Crippen LogP contribution is 2.42. The van der Waals surface area contributed by atoms with Gasteiger partial charge < -0.3 is 8.83 Å². The Balaban J connectivity index is 1.17. The highest BCUT2D eigenvalue weighted by molar-refractivity contribution is 6.11. The van der Waals surface area contributed by atoms with Crippen molar-refractivity contribution in [3.05, 3.63) is 151 Å². The molecule has 0 unspecified atom stereocenters. The molecule has 0 saturated carbocycles. The van der Waals surface area contributed by atoms with Gasteiger partial charge in [-0.1, -0.05) is 97.1 Å². The number of nitrogens with zero attached hydrogens (tertiary/aromatic N) is 2. The summed E-state index contributed by atoms with van der Waals surface area (Å²) in [5, 5.41) is 4.40. The number of furan rings is 2. The van der Waals surface area contributed by atoms with Crippen molar-refractivity contribution >= 4 is 50.0 Å². The van der Waals surface area contributed by atoms with Gasteiger partial charge in [-0.15, -0.1) is 0 Å². The summed E-state index contributed by atoms with van der Waals surface area (Å²) in [4.78, 5) is 10.2. The first-order valence-corrected chi connectivity index (χ1v) is 16.4. The summed E-state index contributed by atoms with van der Waals surface area (Å²) in [6, 6.07) is 46.2. The van der Waals surface area contributed by atoms with Crippen LogP contribution in [-0.4, -0.2) is 9.97 Å². The summed E-state index contributed by atoms with van der Waals surface area (Å²) in [5.41, 5.74) is 13.2. The van der Waals surface area contributed by atoms with Crippen molar-refractivity contribution in [1.29, 1.82) is 0 Å². The van der Waals surface area contributed by atoms with Crippen LogP contribution in [0.1, 0.15) is 17.5 Å². The number of rotatable bonds is 4. The summed E-state index contributed by atoms with van der Waals surface area (Å²) in [6.45, 7) is 0. The molecular weight excluding hydrogens is 588 g/mol. The van der Waals surface area contributed by atoms with E-state index in [4.69, 9.17) is 18.8 Å². The minimum Gasteiger partial charge on any atom is -0.456 e. The summed E-state index contributed by atoms with van der Waals surface area (Å²) in [5.74, 6) is 0.676. The van der Waals surface area contributed by atoms with Gasteiger partial charge in [-0.05, 0) is 78.1 Å². The molecule has 0 radical (unpaired) electrons. The fourth-order valence-electron chi connectivity index (χ4n) is 7.23. The van der Waals surface area contributed by atoms with Crippen LogP contribution in [0.5, 0.6) is 0 Å². The van der Waals surface area contributed by atoms with Crippen molar-refractivity contribution in [3.8, 4) is 45.0 Å². The zero-order valence-electron chi connectivity index (χ0n) is 26.0. The third-order valence-electron chi connectivity index (χ3n) is 9.57. The van der Waals surface area contributed by atoms with E-state index in [9.17, 15) is 0 Å². The number of benzene rings is 6. The van der Waals surface area contributed by atoms with E-state index < -0.39 is 0 Å². The van der Waals surface area contributed by atoms with Gasteiger partial charge in [-0.2, -0.15) is 0 Å². The quantitative estimate of drug-likeness (QED) is 0.197. The lowest BCUT2D eigenvalue weighted by Crippen LogP contribution is -1.98. The van der Waals surface area contributed by atoms with Crippen molar-refractivity contribution in [2.75, 3.05) is 0 Å². The lowest BCUT2D eigenvalue weighted by Gasteiger charge is -2.16. The number of para-hydroxylation sites is 1. The molecule has 4 nitrogen and oxygen atoms in total. The standard InChI is InChI=1S/C44H28N2O2/c1-3-11-27(12-4-1)35-25-37-36-23-29(20-22-41(36)48-43(37)34-17-8-7-15-31(34)35)38-26-39(46-44(45-38)28-13-5-2-6-14-28)30-19-21-33-32-16-9-10-18-40(32)47-42(33)24-30/h1-6,8-14,16-26H,7,15H2. The molecule has 48 heavy (non-hydrogen) atoms. The smallest absolute Gasteiger partial charge is 0.160 e. The maximum absolute atomic E-state index is 6.59.